The van der Waals surface area contributed by atoms with Gasteiger partial charge in [-0.3, -0.25) is 9.36 Å². The van der Waals surface area contributed by atoms with Crippen molar-refractivity contribution in [1.29, 1.82) is 0 Å². The molecule has 2 N–H and O–H groups in total. The van der Waals surface area contributed by atoms with Crippen molar-refractivity contribution in [1.82, 2.24) is 0 Å². The van der Waals surface area contributed by atoms with Crippen LogP contribution in [0.3, 0.4) is 0 Å². The largest absolute Gasteiger partial charge is 0.483 e. The first-order valence-corrected chi connectivity index (χ1v) is 8.01. The number of carbonyl (C=O) groups excluding carboxylic acids is 1. The molecule has 0 heterocycles. The third-order valence-corrected chi connectivity index (χ3v) is 3.29. The molecular weight excluding hydrogens is 267 g/mol. The predicted molar refractivity (Wildman–Crippen MR) is 72.3 cm³/mol. The third kappa shape index (κ3) is 6.53. The third-order valence-electron chi connectivity index (χ3n) is 2.56. The molecule has 0 aliphatic carbocycles. The zero-order valence-corrected chi connectivity index (χ0v) is 11.8. The van der Waals surface area contributed by atoms with Crippen LogP contribution in [0.25, 0.3) is 0 Å². The van der Waals surface area contributed by atoms with Gasteiger partial charge in [0, 0.05) is 0 Å². The van der Waals surface area contributed by atoms with Crippen molar-refractivity contribution in [3.63, 3.8) is 0 Å². The van der Waals surface area contributed by atoms with E-state index in [1.54, 1.807) is 24.3 Å². The second-order valence-electron chi connectivity index (χ2n) is 4.35. The molecule has 0 bridgehead atoms. The Hall–Kier alpha value is -1.16. The van der Waals surface area contributed by atoms with Crippen LogP contribution < -0.4 is 4.74 Å². The zero-order valence-electron chi connectivity index (χ0n) is 10.9. The monoisotopic (exact) mass is 286 g/mol. The Morgan fingerprint density at radius 1 is 1.32 bits per heavy atom. The molecule has 106 valence electrons. The van der Waals surface area contributed by atoms with Gasteiger partial charge in [0.2, 0.25) is 0 Å². The Morgan fingerprint density at radius 3 is 2.47 bits per heavy atom. The van der Waals surface area contributed by atoms with Crippen molar-refractivity contribution in [2.24, 2.45) is 0 Å². The van der Waals surface area contributed by atoms with Crippen LogP contribution in [0.2, 0.25) is 0 Å². The molecule has 1 atom stereocenters. The molecule has 0 aromatic heterocycles. The van der Waals surface area contributed by atoms with Crippen LogP contribution in [0.1, 0.15) is 26.2 Å². The van der Waals surface area contributed by atoms with E-state index in [4.69, 9.17) is 14.5 Å². The maximum Gasteiger partial charge on any atom is 0.333 e. The van der Waals surface area contributed by atoms with Crippen LogP contribution in [-0.4, -0.2) is 27.8 Å². The molecule has 0 aliphatic rings. The van der Waals surface area contributed by atoms with Gasteiger partial charge in [0.1, 0.15) is 11.9 Å². The van der Waals surface area contributed by atoms with Gasteiger partial charge in [0.25, 0.3) is 0 Å². The van der Waals surface area contributed by atoms with Gasteiger partial charge >= 0.3 is 7.60 Å². The molecule has 1 unspecified atom stereocenters. The number of benzene rings is 1. The van der Waals surface area contributed by atoms with Gasteiger partial charge in [-0.05, 0) is 25.0 Å². The van der Waals surface area contributed by atoms with Crippen LogP contribution in [0.5, 0.6) is 5.75 Å². The van der Waals surface area contributed by atoms with Crippen molar-refractivity contribution in [3.8, 4) is 5.75 Å². The first-order chi connectivity index (χ1) is 8.92. The van der Waals surface area contributed by atoms with Gasteiger partial charge in [0.15, 0.2) is 11.9 Å². The molecular formula is C13H19O5P. The highest BCUT2D eigenvalue weighted by Crippen LogP contribution is 2.34. The van der Waals surface area contributed by atoms with Gasteiger partial charge in [-0.1, -0.05) is 31.5 Å². The second-order valence-corrected chi connectivity index (χ2v) is 6.00. The van der Waals surface area contributed by atoms with Crippen LogP contribution in [0, 0.1) is 0 Å². The molecule has 1 aromatic carbocycles. The molecule has 0 aliphatic heterocycles. The van der Waals surface area contributed by atoms with Gasteiger partial charge < -0.3 is 14.5 Å². The zero-order chi connectivity index (χ0) is 14.3. The second kappa shape index (κ2) is 7.43. The van der Waals surface area contributed by atoms with Crippen LogP contribution in [0.15, 0.2) is 30.3 Å². The van der Waals surface area contributed by atoms with Gasteiger partial charge in [-0.2, -0.15) is 0 Å². The summed E-state index contributed by atoms with van der Waals surface area (Å²) in [6.45, 7) is 1.98. The highest BCUT2D eigenvalue weighted by molar-refractivity contribution is 7.52. The standard InChI is InChI=1S/C13H19O5P/c1-2-3-9-13(12(14)10-19(15,16)17)18-11-7-5-4-6-8-11/h4-8,13H,2-3,9-10H2,1H3,(H2,15,16,17). The van der Waals surface area contributed by atoms with Crippen molar-refractivity contribution in [3.05, 3.63) is 30.3 Å². The van der Waals surface area contributed by atoms with Crippen LogP contribution in [-0.2, 0) is 9.36 Å². The molecule has 0 amide bonds. The quantitative estimate of drug-likeness (QED) is 0.717. The topological polar surface area (TPSA) is 83.8 Å². The molecule has 0 saturated heterocycles. The Bertz CT molecular complexity index is 440. The number of Topliss-reactive ketones (excluding diaryl/α,β-unsaturated/α-hetero) is 1. The fourth-order valence-electron chi connectivity index (χ4n) is 1.64. The molecule has 0 spiro atoms. The first kappa shape index (κ1) is 15.9. The minimum absolute atomic E-state index is 0.463. The molecule has 6 heteroatoms. The number of unbranched alkanes of at least 4 members (excludes halogenated alkanes) is 1. The normalized spacial score (nSPS) is 13.0. The number of rotatable bonds is 8. The number of carbonyl (C=O) groups is 1. The first-order valence-electron chi connectivity index (χ1n) is 6.21. The van der Waals surface area contributed by atoms with Crippen molar-refractivity contribution in [2.45, 2.75) is 32.3 Å². The molecule has 1 rings (SSSR count). The van der Waals surface area contributed by atoms with E-state index in [9.17, 15) is 9.36 Å². The highest BCUT2D eigenvalue weighted by atomic mass is 31.2. The van der Waals surface area contributed by atoms with E-state index in [0.717, 1.165) is 12.8 Å². The Kier molecular flexibility index (Phi) is 6.22. The van der Waals surface area contributed by atoms with Gasteiger partial charge in [-0.25, -0.2) is 0 Å². The number of hydrogen-bond donors (Lipinski definition) is 2. The van der Waals surface area contributed by atoms with Crippen LogP contribution >= 0.6 is 7.60 Å². The minimum Gasteiger partial charge on any atom is -0.483 e. The Labute approximate surface area is 112 Å². The Balaban J connectivity index is 2.71. The van der Waals surface area contributed by atoms with E-state index in [1.165, 1.54) is 0 Å². The smallest absolute Gasteiger partial charge is 0.333 e. The molecule has 0 radical (unpaired) electrons. The summed E-state index contributed by atoms with van der Waals surface area (Å²) in [4.78, 5) is 29.6. The van der Waals surface area contributed by atoms with Gasteiger partial charge in [0.05, 0.1) is 0 Å². The number of hydrogen-bond acceptors (Lipinski definition) is 3. The average molecular weight is 286 g/mol. The minimum atomic E-state index is -4.34. The molecule has 0 fully saturated rings. The van der Waals surface area contributed by atoms with E-state index in [0.29, 0.717) is 12.2 Å². The number of ketones is 1. The lowest BCUT2D eigenvalue weighted by molar-refractivity contribution is -0.123. The lowest BCUT2D eigenvalue weighted by atomic mass is 10.1. The molecule has 5 nitrogen and oxygen atoms in total. The molecule has 1 aromatic rings. The summed E-state index contributed by atoms with van der Waals surface area (Å²) in [6, 6.07) is 8.80. The Morgan fingerprint density at radius 2 is 1.95 bits per heavy atom. The summed E-state index contributed by atoms with van der Waals surface area (Å²) >= 11 is 0. The maximum absolute atomic E-state index is 11.9. The SMILES string of the molecule is CCCCC(Oc1ccccc1)C(=O)CP(=O)(O)O. The van der Waals surface area contributed by atoms with Crippen molar-refractivity contribution >= 4 is 13.4 Å². The summed E-state index contributed by atoms with van der Waals surface area (Å²) in [7, 11) is -4.34. The number of para-hydroxylation sites is 1. The van der Waals surface area contributed by atoms with E-state index >= 15 is 0 Å². The number of ether oxygens (including phenoxy) is 1. The summed E-state index contributed by atoms with van der Waals surface area (Å²) in [5, 5.41) is 0. The summed E-state index contributed by atoms with van der Waals surface area (Å²) in [5.41, 5.74) is 0. The average Bonchev–Trinajstić information content (AvgIpc) is 2.33. The lowest BCUT2D eigenvalue weighted by Crippen LogP contribution is -2.30. The van der Waals surface area contributed by atoms with E-state index in [1.807, 2.05) is 13.0 Å². The summed E-state index contributed by atoms with van der Waals surface area (Å²) < 4.78 is 16.4. The summed E-state index contributed by atoms with van der Waals surface area (Å²) in [5.74, 6) is -0.0201. The van der Waals surface area contributed by atoms with Crippen molar-refractivity contribution in [2.75, 3.05) is 6.16 Å². The van der Waals surface area contributed by atoms with Gasteiger partial charge in [-0.15, -0.1) is 0 Å². The molecule has 0 saturated carbocycles. The summed E-state index contributed by atoms with van der Waals surface area (Å²) in [6.07, 6.45) is 0.552. The van der Waals surface area contributed by atoms with E-state index in [-0.39, 0.29) is 0 Å². The predicted octanol–water partition coefficient (Wildman–Crippen LogP) is 2.37. The van der Waals surface area contributed by atoms with E-state index < -0.39 is 25.6 Å². The maximum atomic E-state index is 11.9. The van der Waals surface area contributed by atoms with Crippen LogP contribution in [0.4, 0.5) is 0 Å². The van der Waals surface area contributed by atoms with Crippen molar-refractivity contribution < 1.29 is 23.9 Å². The molecule has 19 heavy (non-hydrogen) atoms. The fourth-order valence-corrected chi connectivity index (χ4v) is 2.25. The van der Waals surface area contributed by atoms with E-state index in [2.05, 4.69) is 0 Å². The highest BCUT2D eigenvalue weighted by Gasteiger charge is 2.27. The lowest BCUT2D eigenvalue weighted by Gasteiger charge is -2.18. The fraction of sp³-hybridized carbons (Fsp3) is 0.462.